The van der Waals surface area contributed by atoms with Crippen LogP contribution in [0, 0.1) is 5.21 Å². The topological polar surface area (TPSA) is 262 Å². The third-order valence-corrected chi connectivity index (χ3v) is 5.09. The summed E-state index contributed by atoms with van der Waals surface area (Å²) in [5, 5.41) is 36.3. The number of primary amides is 1. The highest BCUT2D eigenvalue weighted by Gasteiger charge is 2.78. The van der Waals surface area contributed by atoms with E-state index in [0.717, 1.165) is 4.90 Å². The van der Waals surface area contributed by atoms with Gasteiger partial charge in [-0.15, -0.1) is 0 Å². The van der Waals surface area contributed by atoms with E-state index >= 15 is 0 Å². The third-order valence-electron chi connectivity index (χ3n) is 4.61. The number of rotatable bonds is 4. The first kappa shape index (κ1) is 19.2. The lowest BCUT2D eigenvalue weighted by Crippen LogP contribution is -2.79. The minimum Gasteiger partial charge on any atom is -0.744 e. The fraction of sp³-hybridized carbons (Fsp3) is 0.700. The number of nitrogens with zero attached hydrogens (tertiary/aromatic N) is 3. The summed E-state index contributed by atoms with van der Waals surface area (Å²) in [6.07, 6.45) is -3.19. The standard InChI is InChI=1S/C10H17N7O9S/c11-6-14-5-3(2-25-8(13)18)17(21)7(12)16-1-4(26-27(22,23)24)10(19,20)9(5,16)15-6/h3-5,19-20H,1-2,12H2,(H2,13,18)(H3,11,14,15)(H,22,23,24)/t3-,4-,5-,9?/m0/s1. The van der Waals surface area contributed by atoms with E-state index in [1.165, 1.54) is 0 Å². The summed E-state index contributed by atoms with van der Waals surface area (Å²) in [7, 11) is -5.10. The first-order valence-corrected chi connectivity index (χ1v) is 8.68. The average Bonchev–Trinajstić information content (AvgIpc) is 2.96. The fourth-order valence-corrected chi connectivity index (χ4v) is 4.08. The van der Waals surface area contributed by atoms with Crippen molar-refractivity contribution in [2.75, 3.05) is 13.2 Å². The van der Waals surface area contributed by atoms with E-state index in [-0.39, 0.29) is 10.7 Å². The zero-order valence-corrected chi connectivity index (χ0v) is 14.2. The number of nitrogens with one attached hydrogen (secondary N) is 1. The number of carbonyl (C=O) groups is 1. The molecule has 3 rings (SSSR count). The number of ether oxygens (including phenoxy) is 1. The lowest BCUT2D eigenvalue weighted by molar-refractivity contribution is -0.529. The fourth-order valence-electron chi connectivity index (χ4n) is 3.59. The largest absolute Gasteiger partial charge is 0.744 e. The molecule has 1 spiro atoms. The van der Waals surface area contributed by atoms with Gasteiger partial charge in [0.25, 0.3) is 5.79 Å². The number of guanidine groups is 2. The molecule has 10 N–H and O–H groups in total. The molecule has 0 radical (unpaired) electrons. The van der Waals surface area contributed by atoms with Crippen molar-refractivity contribution in [3.8, 4) is 0 Å². The van der Waals surface area contributed by atoms with E-state index in [1.54, 1.807) is 0 Å². The van der Waals surface area contributed by atoms with E-state index in [0.29, 0.717) is 0 Å². The van der Waals surface area contributed by atoms with Crippen molar-refractivity contribution in [2.24, 2.45) is 22.2 Å². The van der Waals surface area contributed by atoms with Gasteiger partial charge in [0.2, 0.25) is 5.66 Å². The second kappa shape index (κ2) is 5.70. The van der Waals surface area contributed by atoms with Gasteiger partial charge in [-0.05, 0) is 0 Å². The van der Waals surface area contributed by atoms with Crippen molar-refractivity contribution in [1.82, 2.24) is 10.2 Å². The molecular formula is C10H17N7O9S. The Labute approximate surface area is 151 Å². The lowest BCUT2D eigenvalue weighted by Gasteiger charge is -2.47. The molecule has 27 heavy (non-hydrogen) atoms. The SMILES string of the molecule is NC(=O)OC[C@H]1[C@@H]2N=C(N)NC23N(C[C@H](OS(=O)(=O)O)C3(O)O)C(N)=[N+]1[O-]. The second-order valence-electron chi connectivity index (χ2n) is 6.08. The van der Waals surface area contributed by atoms with Gasteiger partial charge in [0.15, 0.2) is 18.1 Å². The molecule has 152 valence electrons. The number of hydrogen-bond acceptors (Lipinski definition) is 13. The number of hydrogen-bond donors (Lipinski definition) is 7. The molecule has 1 unspecified atom stereocenters. The average molecular weight is 411 g/mol. The zero-order chi connectivity index (χ0) is 20.4. The number of hydroxylamine groups is 1. The highest BCUT2D eigenvalue weighted by atomic mass is 32.3. The third kappa shape index (κ3) is 2.67. The van der Waals surface area contributed by atoms with E-state index < -0.39 is 65.2 Å². The number of aliphatic imine (C=N–C) groups is 1. The molecule has 0 aliphatic carbocycles. The quantitative estimate of drug-likeness (QED) is 0.0985. The molecular weight excluding hydrogens is 394 g/mol. The van der Waals surface area contributed by atoms with Crippen molar-refractivity contribution < 1.29 is 41.6 Å². The maximum Gasteiger partial charge on any atom is 0.404 e. The normalized spacial score (nSPS) is 34.6. The molecule has 0 saturated carbocycles. The first-order valence-electron chi connectivity index (χ1n) is 7.32. The highest BCUT2D eigenvalue weighted by molar-refractivity contribution is 7.80. The molecule has 1 saturated heterocycles. The summed E-state index contributed by atoms with van der Waals surface area (Å²) < 4.78 is 40.1. The van der Waals surface area contributed by atoms with Crippen LogP contribution in [-0.4, -0.2) is 93.6 Å². The molecule has 1 amide bonds. The molecule has 0 bridgehead atoms. The minimum absolute atomic E-state index is 0.182. The van der Waals surface area contributed by atoms with Gasteiger partial charge in [0.1, 0.15) is 19.2 Å². The maximum atomic E-state index is 12.5. The van der Waals surface area contributed by atoms with Crippen LogP contribution in [-0.2, 0) is 19.3 Å². The molecule has 0 aromatic carbocycles. The number of aliphatic hydroxyl groups is 2. The molecule has 4 atom stereocenters. The number of nitrogens with two attached hydrogens (primary N) is 3. The number of carbonyl (C=O) groups excluding carboxylic acids is 1. The Morgan fingerprint density at radius 1 is 1.48 bits per heavy atom. The van der Waals surface area contributed by atoms with Gasteiger partial charge in [-0.1, -0.05) is 0 Å². The summed E-state index contributed by atoms with van der Waals surface area (Å²) in [4.78, 5) is 15.7. The lowest BCUT2D eigenvalue weighted by atomic mass is 9.86. The van der Waals surface area contributed by atoms with Gasteiger partial charge in [-0.25, -0.2) is 18.9 Å². The Morgan fingerprint density at radius 2 is 2.11 bits per heavy atom. The summed E-state index contributed by atoms with van der Waals surface area (Å²) in [6, 6.07) is -2.81. The van der Waals surface area contributed by atoms with Crippen molar-refractivity contribution in [3.63, 3.8) is 0 Å². The van der Waals surface area contributed by atoms with Crippen LogP contribution in [0.4, 0.5) is 4.79 Å². The maximum absolute atomic E-state index is 12.5. The van der Waals surface area contributed by atoms with Crippen LogP contribution in [0.1, 0.15) is 0 Å². The van der Waals surface area contributed by atoms with Crippen LogP contribution in [0.2, 0.25) is 0 Å². The highest BCUT2D eigenvalue weighted by Crippen LogP contribution is 2.45. The molecule has 3 heterocycles. The number of amides is 1. The van der Waals surface area contributed by atoms with Gasteiger partial charge in [0.05, 0.1) is 0 Å². The Kier molecular flexibility index (Phi) is 4.04. The molecule has 17 heteroatoms. The monoisotopic (exact) mass is 411 g/mol. The summed E-state index contributed by atoms with van der Waals surface area (Å²) in [5.74, 6) is -4.01. The van der Waals surface area contributed by atoms with E-state index in [9.17, 15) is 28.6 Å². The second-order valence-corrected chi connectivity index (χ2v) is 7.13. The summed E-state index contributed by atoms with van der Waals surface area (Å²) >= 11 is 0. The molecule has 1 fully saturated rings. The van der Waals surface area contributed by atoms with Crippen LogP contribution in [0.15, 0.2) is 4.99 Å². The summed E-state index contributed by atoms with van der Waals surface area (Å²) in [6.45, 7) is -1.29. The van der Waals surface area contributed by atoms with E-state index in [4.69, 9.17) is 21.8 Å². The minimum atomic E-state index is -5.10. The van der Waals surface area contributed by atoms with Crippen molar-refractivity contribution in [2.45, 2.75) is 29.6 Å². The predicted octanol–water partition coefficient (Wildman–Crippen LogP) is -5.54. The molecule has 3 aliphatic rings. The first-order chi connectivity index (χ1) is 12.3. The zero-order valence-electron chi connectivity index (χ0n) is 13.4. The Morgan fingerprint density at radius 3 is 2.67 bits per heavy atom. The van der Waals surface area contributed by atoms with Crippen LogP contribution < -0.4 is 22.5 Å². The van der Waals surface area contributed by atoms with E-state index in [1.807, 2.05) is 0 Å². The van der Waals surface area contributed by atoms with Crippen molar-refractivity contribution in [1.29, 1.82) is 0 Å². The molecule has 16 nitrogen and oxygen atoms in total. The van der Waals surface area contributed by atoms with Gasteiger partial charge < -0.3 is 36.9 Å². The van der Waals surface area contributed by atoms with Gasteiger partial charge in [-0.3, -0.25) is 15.0 Å². The molecule has 0 aromatic rings. The van der Waals surface area contributed by atoms with Gasteiger partial charge in [-0.2, -0.15) is 8.42 Å². The van der Waals surface area contributed by atoms with Crippen molar-refractivity contribution >= 4 is 28.4 Å². The molecule has 3 aliphatic heterocycles. The van der Waals surface area contributed by atoms with Crippen LogP contribution >= 0.6 is 0 Å². The van der Waals surface area contributed by atoms with Crippen molar-refractivity contribution in [3.05, 3.63) is 5.21 Å². The smallest absolute Gasteiger partial charge is 0.404 e. The Hall–Kier alpha value is -2.60. The van der Waals surface area contributed by atoms with E-state index in [2.05, 4.69) is 19.2 Å². The van der Waals surface area contributed by atoms with Gasteiger partial charge >= 0.3 is 22.5 Å². The van der Waals surface area contributed by atoms with Gasteiger partial charge in [0, 0.05) is 0 Å². The predicted molar refractivity (Wildman–Crippen MR) is 83.7 cm³/mol. The molecule has 0 aromatic heterocycles. The van der Waals surface area contributed by atoms with Crippen LogP contribution in [0.3, 0.4) is 0 Å². The Balaban J connectivity index is 2.10. The van der Waals surface area contributed by atoms with Crippen LogP contribution in [0.25, 0.3) is 0 Å². The van der Waals surface area contributed by atoms with Crippen LogP contribution in [0.5, 0.6) is 0 Å². The summed E-state index contributed by atoms with van der Waals surface area (Å²) in [5.41, 5.74) is 14.1. The Bertz CT molecular complexity index is 842.